The number of nitrogens with zero attached hydrogens (tertiary/aromatic N) is 2. The summed E-state index contributed by atoms with van der Waals surface area (Å²) in [6, 6.07) is 1.60. The SMILES string of the molecule is CC(=O)C1CCCCN1c1cc(F)c(Cl)cc1[N+](=O)[O-]. The number of carbonyl (C=O) groups excluding carboxylic acids is 1. The van der Waals surface area contributed by atoms with Gasteiger partial charge in [-0.15, -0.1) is 0 Å². The molecule has 0 radical (unpaired) electrons. The highest BCUT2D eigenvalue weighted by Gasteiger charge is 2.31. The lowest BCUT2D eigenvalue weighted by Gasteiger charge is -2.35. The van der Waals surface area contributed by atoms with Crippen molar-refractivity contribution in [3.8, 4) is 0 Å². The summed E-state index contributed by atoms with van der Waals surface area (Å²) in [5.41, 5.74) is -0.152. The van der Waals surface area contributed by atoms with E-state index >= 15 is 0 Å². The van der Waals surface area contributed by atoms with Crippen molar-refractivity contribution in [1.29, 1.82) is 0 Å². The van der Waals surface area contributed by atoms with E-state index in [9.17, 15) is 19.3 Å². The van der Waals surface area contributed by atoms with Crippen LogP contribution in [0.5, 0.6) is 0 Å². The number of rotatable bonds is 3. The maximum atomic E-state index is 13.6. The first-order valence-electron chi connectivity index (χ1n) is 6.32. The smallest absolute Gasteiger partial charge is 0.294 e. The van der Waals surface area contributed by atoms with E-state index in [4.69, 9.17) is 11.6 Å². The summed E-state index contributed by atoms with van der Waals surface area (Å²) in [5, 5.41) is 10.8. The van der Waals surface area contributed by atoms with Crippen LogP contribution in [0.4, 0.5) is 15.8 Å². The van der Waals surface area contributed by atoms with Gasteiger partial charge in [0.2, 0.25) is 0 Å². The van der Waals surface area contributed by atoms with Gasteiger partial charge in [0.15, 0.2) is 5.78 Å². The minimum absolute atomic E-state index is 0.0747. The van der Waals surface area contributed by atoms with Crippen LogP contribution < -0.4 is 4.90 Å². The van der Waals surface area contributed by atoms with E-state index in [1.165, 1.54) is 6.92 Å². The van der Waals surface area contributed by atoms with Crippen molar-refractivity contribution < 1.29 is 14.1 Å². The fourth-order valence-corrected chi connectivity index (χ4v) is 2.70. The van der Waals surface area contributed by atoms with Crippen molar-refractivity contribution in [3.05, 3.63) is 33.1 Å². The zero-order valence-electron chi connectivity index (χ0n) is 10.9. The Labute approximate surface area is 120 Å². The molecule has 5 nitrogen and oxygen atoms in total. The van der Waals surface area contributed by atoms with Crippen LogP contribution in [0.25, 0.3) is 0 Å². The first kappa shape index (κ1) is 14.7. The molecule has 20 heavy (non-hydrogen) atoms. The van der Waals surface area contributed by atoms with E-state index in [0.717, 1.165) is 25.0 Å². The fraction of sp³-hybridized carbons (Fsp3) is 0.462. The van der Waals surface area contributed by atoms with Crippen LogP contribution in [0.15, 0.2) is 12.1 Å². The number of anilines is 1. The number of carbonyl (C=O) groups is 1. The Morgan fingerprint density at radius 1 is 1.50 bits per heavy atom. The van der Waals surface area contributed by atoms with E-state index in [0.29, 0.717) is 13.0 Å². The van der Waals surface area contributed by atoms with Crippen molar-refractivity contribution in [2.75, 3.05) is 11.4 Å². The lowest BCUT2D eigenvalue weighted by atomic mass is 9.98. The second kappa shape index (κ2) is 5.75. The molecule has 1 unspecified atom stereocenters. The molecule has 7 heteroatoms. The van der Waals surface area contributed by atoms with Gasteiger partial charge in [0.05, 0.1) is 16.0 Å². The maximum Gasteiger partial charge on any atom is 0.294 e. The minimum Gasteiger partial charge on any atom is -0.356 e. The molecule has 0 saturated carbocycles. The lowest BCUT2D eigenvalue weighted by molar-refractivity contribution is -0.384. The number of Topliss-reactive ketones (excluding diaryl/α,β-unsaturated/α-hetero) is 1. The number of halogens is 2. The number of benzene rings is 1. The Hall–Kier alpha value is -1.69. The van der Waals surface area contributed by atoms with Crippen LogP contribution in [0, 0.1) is 15.9 Å². The molecule has 1 aromatic carbocycles. The van der Waals surface area contributed by atoms with Gasteiger partial charge in [-0.3, -0.25) is 14.9 Å². The van der Waals surface area contributed by atoms with Gasteiger partial charge in [0, 0.05) is 18.7 Å². The fourth-order valence-electron chi connectivity index (χ4n) is 2.54. The predicted octanol–water partition coefficient (Wildman–Crippen LogP) is 3.34. The molecule has 0 amide bonds. The van der Waals surface area contributed by atoms with E-state index in [1.54, 1.807) is 4.90 Å². The number of ketones is 1. The third kappa shape index (κ3) is 2.75. The summed E-state index contributed by atoms with van der Waals surface area (Å²) in [4.78, 5) is 23.8. The van der Waals surface area contributed by atoms with Crippen molar-refractivity contribution in [2.45, 2.75) is 32.2 Å². The number of hydrogen-bond donors (Lipinski definition) is 0. The molecular formula is C13H14ClFN2O3. The molecule has 1 saturated heterocycles. The van der Waals surface area contributed by atoms with Gasteiger partial charge in [0.1, 0.15) is 11.5 Å². The third-order valence-corrected chi connectivity index (χ3v) is 3.79. The Kier molecular flexibility index (Phi) is 4.23. The molecular weight excluding hydrogens is 287 g/mol. The van der Waals surface area contributed by atoms with Crippen LogP contribution in [0.1, 0.15) is 26.2 Å². The second-order valence-electron chi connectivity index (χ2n) is 4.83. The Morgan fingerprint density at radius 3 is 2.80 bits per heavy atom. The molecule has 0 aromatic heterocycles. The molecule has 0 aliphatic carbocycles. The van der Waals surface area contributed by atoms with Gasteiger partial charge < -0.3 is 4.90 Å². The van der Waals surface area contributed by atoms with Crippen LogP contribution in [0.3, 0.4) is 0 Å². The summed E-state index contributed by atoms with van der Waals surface area (Å²) in [5.74, 6) is -0.797. The van der Waals surface area contributed by atoms with Crippen LogP contribution in [0.2, 0.25) is 5.02 Å². The molecule has 1 fully saturated rings. The van der Waals surface area contributed by atoms with Crippen molar-refractivity contribution in [1.82, 2.24) is 0 Å². The van der Waals surface area contributed by atoms with Crippen molar-refractivity contribution >= 4 is 28.8 Å². The molecule has 1 aliphatic heterocycles. The number of nitro groups is 1. The first-order chi connectivity index (χ1) is 9.41. The number of hydrogen-bond acceptors (Lipinski definition) is 4. The zero-order chi connectivity index (χ0) is 14.9. The van der Waals surface area contributed by atoms with E-state index in [2.05, 4.69) is 0 Å². The monoisotopic (exact) mass is 300 g/mol. The molecule has 0 bridgehead atoms. The highest BCUT2D eigenvalue weighted by atomic mass is 35.5. The topological polar surface area (TPSA) is 63.5 Å². The molecule has 0 N–H and O–H groups in total. The van der Waals surface area contributed by atoms with Gasteiger partial charge in [0.25, 0.3) is 5.69 Å². The average Bonchev–Trinajstić information content (AvgIpc) is 2.41. The predicted molar refractivity (Wildman–Crippen MR) is 73.7 cm³/mol. The lowest BCUT2D eigenvalue weighted by Crippen LogP contribution is -2.44. The number of piperidine rings is 1. The van der Waals surface area contributed by atoms with E-state index < -0.39 is 16.8 Å². The number of nitro benzene ring substituents is 1. The normalized spacial score (nSPS) is 18.9. The molecule has 1 aromatic rings. The van der Waals surface area contributed by atoms with E-state index in [1.807, 2.05) is 0 Å². The van der Waals surface area contributed by atoms with Crippen molar-refractivity contribution in [3.63, 3.8) is 0 Å². The summed E-state index contributed by atoms with van der Waals surface area (Å²) >= 11 is 5.60. The quantitative estimate of drug-likeness (QED) is 0.634. The summed E-state index contributed by atoms with van der Waals surface area (Å²) in [7, 11) is 0. The Morgan fingerprint density at radius 2 is 2.20 bits per heavy atom. The summed E-state index contributed by atoms with van der Waals surface area (Å²) < 4.78 is 13.6. The minimum atomic E-state index is -0.722. The molecule has 1 heterocycles. The highest BCUT2D eigenvalue weighted by molar-refractivity contribution is 6.31. The first-order valence-corrected chi connectivity index (χ1v) is 6.70. The van der Waals surface area contributed by atoms with Crippen LogP contribution in [-0.2, 0) is 4.79 Å². The summed E-state index contributed by atoms with van der Waals surface area (Å²) in [6.07, 6.45) is 2.31. The molecule has 1 atom stereocenters. The standard InChI is InChI=1S/C13H14ClFN2O3/c1-8(18)11-4-2-3-5-16(11)12-7-10(15)9(14)6-13(12)17(19)20/h6-7,11H,2-5H2,1H3. The highest BCUT2D eigenvalue weighted by Crippen LogP contribution is 2.36. The zero-order valence-corrected chi connectivity index (χ0v) is 11.7. The molecule has 108 valence electrons. The Balaban J connectivity index is 2.51. The third-order valence-electron chi connectivity index (χ3n) is 3.50. The summed E-state index contributed by atoms with van der Waals surface area (Å²) in [6.45, 7) is 1.94. The average molecular weight is 301 g/mol. The molecule has 2 rings (SSSR count). The van der Waals surface area contributed by atoms with Gasteiger partial charge in [-0.2, -0.15) is 0 Å². The van der Waals surface area contributed by atoms with Gasteiger partial charge in [-0.1, -0.05) is 11.6 Å². The van der Waals surface area contributed by atoms with E-state index in [-0.39, 0.29) is 22.2 Å². The second-order valence-corrected chi connectivity index (χ2v) is 5.23. The largest absolute Gasteiger partial charge is 0.356 e. The van der Waals surface area contributed by atoms with Gasteiger partial charge in [-0.25, -0.2) is 4.39 Å². The van der Waals surface area contributed by atoms with Gasteiger partial charge >= 0.3 is 0 Å². The Bertz CT molecular complexity index is 565. The maximum absolute atomic E-state index is 13.6. The van der Waals surface area contributed by atoms with Crippen molar-refractivity contribution in [2.24, 2.45) is 0 Å². The molecule has 1 aliphatic rings. The van der Waals surface area contributed by atoms with Crippen LogP contribution >= 0.6 is 11.6 Å². The molecule has 0 spiro atoms. The van der Waals surface area contributed by atoms with Gasteiger partial charge in [-0.05, 0) is 26.2 Å². The van der Waals surface area contributed by atoms with Crippen LogP contribution in [-0.4, -0.2) is 23.3 Å².